The zero-order chi connectivity index (χ0) is 16.8. The van der Waals surface area contributed by atoms with Crippen molar-refractivity contribution >= 4 is 33.7 Å². The number of oxazole rings is 1. The Morgan fingerprint density at radius 1 is 0.958 bits per heavy atom. The molecule has 0 aliphatic carbocycles. The average molecular weight is 322 g/mol. The summed E-state index contributed by atoms with van der Waals surface area (Å²) >= 11 is 0. The van der Waals surface area contributed by atoms with Crippen LogP contribution in [0, 0.1) is 0 Å². The zero-order valence-electron chi connectivity index (χ0n) is 12.2. The number of hydrogen-bond acceptors (Lipinski definition) is 6. The molecule has 24 heavy (non-hydrogen) atoms. The van der Waals surface area contributed by atoms with Crippen LogP contribution in [0.25, 0.3) is 22.1 Å². The summed E-state index contributed by atoms with van der Waals surface area (Å²) in [5.74, 6) is -1.71. The number of benzene rings is 2. The first-order chi connectivity index (χ1) is 11.5. The van der Waals surface area contributed by atoms with E-state index in [9.17, 15) is 14.4 Å². The molecular formula is C17H10N2O5. The van der Waals surface area contributed by atoms with E-state index < -0.39 is 17.3 Å². The quantitative estimate of drug-likeness (QED) is 0.424. The molecule has 0 saturated carbocycles. The van der Waals surface area contributed by atoms with Crippen molar-refractivity contribution in [3.8, 4) is 0 Å². The van der Waals surface area contributed by atoms with Gasteiger partial charge in [-0.25, -0.2) is 14.2 Å². The third-order valence-corrected chi connectivity index (χ3v) is 3.68. The Morgan fingerprint density at radius 2 is 1.75 bits per heavy atom. The summed E-state index contributed by atoms with van der Waals surface area (Å²) in [4.78, 5) is 36.9. The second-order valence-corrected chi connectivity index (χ2v) is 5.22. The molecule has 4 rings (SSSR count). The predicted molar refractivity (Wildman–Crippen MR) is 87.1 cm³/mol. The van der Waals surface area contributed by atoms with Crippen molar-refractivity contribution in [1.29, 1.82) is 0 Å². The van der Waals surface area contributed by atoms with E-state index in [1.54, 1.807) is 24.3 Å². The fourth-order valence-electron chi connectivity index (χ4n) is 2.56. The normalized spacial score (nSPS) is 11.2. The fraction of sp³-hybridized carbons (Fsp3) is 0. The first-order valence-corrected chi connectivity index (χ1v) is 7.03. The highest BCUT2D eigenvalue weighted by Gasteiger charge is 2.21. The van der Waals surface area contributed by atoms with E-state index in [1.807, 2.05) is 0 Å². The predicted octanol–water partition coefficient (Wildman–Crippen LogP) is 1.97. The van der Waals surface area contributed by atoms with Crippen LogP contribution in [0.2, 0.25) is 0 Å². The summed E-state index contributed by atoms with van der Waals surface area (Å²) in [7, 11) is 0. The molecule has 7 heteroatoms. The lowest BCUT2D eigenvalue weighted by Crippen LogP contribution is -2.27. The number of rotatable bonds is 1. The maximum atomic E-state index is 12.7. The molecule has 0 amide bonds. The van der Waals surface area contributed by atoms with E-state index in [1.165, 1.54) is 24.3 Å². The molecule has 0 saturated heterocycles. The molecule has 0 aliphatic heterocycles. The number of nitrogens with two attached hydrogens (primary N) is 1. The zero-order valence-corrected chi connectivity index (χ0v) is 12.2. The van der Waals surface area contributed by atoms with Crippen molar-refractivity contribution in [2.24, 2.45) is 0 Å². The van der Waals surface area contributed by atoms with E-state index >= 15 is 0 Å². The van der Waals surface area contributed by atoms with Gasteiger partial charge < -0.3 is 14.6 Å². The van der Waals surface area contributed by atoms with Gasteiger partial charge in [0.25, 0.3) is 5.91 Å². The Morgan fingerprint density at radius 3 is 2.58 bits per heavy atom. The number of para-hydroxylation sites is 1. The monoisotopic (exact) mass is 322 g/mol. The topological polar surface area (TPSA) is 108 Å². The molecule has 2 heterocycles. The number of nitrogen functional groups attached to an aromatic ring is 1. The Labute approximate surface area is 133 Å². The minimum absolute atomic E-state index is 0.165. The third-order valence-electron chi connectivity index (χ3n) is 3.68. The molecule has 2 aromatic carbocycles. The van der Waals surface area contributed by atoms with Gasteiger partial charge in [0.2, 0.25) is 0 Å². The molecule has 0 atom stereocenters. The standard InChI is InChI=1S/C17H10N2O5/c18-10-5-6-12-14(8-10)24-17(22)19(12)15(20)11-7-9-3-1-2-4-13(9)23-16(11)21/h1-8H,18H2. The largest absolute Gasteiger partial charge is 0.427 e. The van der Waals surface area contributed by atoms with Gasteiger partial charge >= 0.3 is 11.4 Å². The van der Waals surface area contributed by atoms with Gasteiger partial charge in [-0.1, -0.05) is 18.2 Å². The van der Waals surface area contributed by atoms with Crippen molar-refractivity contribution in [3.63, 3.8) is 0 Å². The van der Waals surface area contributed by atoms with E-state index in [0.717, 1.165) is 4.57 Å². The fourth-order valence-corrected chi connectivity index (χ4v) is 2.56. The number of anilines is 1. The molecule has 0 aliphatic rings. The van der Waals surface area contributed by atoms with Crippen LogP contribution in [0.15, 0.2) is 67.0 Å². The molecule has 0 unspecified atom stereocenters. The van der Waals surface area contributed by atoms with Crippen LogP contribution < -0.4 is 17.1 Å². The first-order valence-electron chi connectivity index (χ1n) is 7.03. The maximum absolute atomic E-state index is 12.7. The summed E-state index contributed by atoms with van der Waals surface area (Å²) in [6.07, 6.45) is 0. The van der Waals surface area contributed by atoms with E-state index in [2.05, 4.69) is 0 Å². The molecule has 7 nitrogen and oxygen atoms in total. The molecule has 2 N–H and O–H groups in total. The van der Waals surface area contributed by atoms with Crippen LogP contribution in [0.3, 0.4) is 0 Å². The SMILES string of the molecule is Nc1ccc2c(c1)oc(=O)n2C(=O)c1cc2ccccc2oc1=O. The molecule has 4 aromatic rings. The van der Waals surface area contributed by atoms with Gasteiger partial charge in [-0.15, -0.1) is 0 Å². The van der Waals surface area contributed by atoms with Crippen LogP contribution in [-0.2, 0) is 0 Å². The first kappa shape index (κ1) is 14.0. The van der Waals surface area contributed by atoms with Crippen molar-refractivity contribution in [1.82, 2.24) is 4.57 Å². The van der Waals surface area contributed by atoms with Crippen LogP contribution in [0.1, 0.15) is 10.4 Å². The number of fused-ring (bicyclic) bond motifs is 2. The summed E-state index contributed by atoms with van der Waals surface area (Å²) in [5.41, 5.74) is 5.70. The Balaban J connectivity index is 1.97. The summed E-state index contributed by atoms with van der Waals surface area (Å²) in [6, 6.07) is 12.6. The van der Waals surface area contributed by atoms with Gasteiger partial charge in [-0.2, -0.15) is 0 Å². The lowest BCUT2D eigenvalue weighted by molar-refractivity contribution is 0.0953. The number of hydrogen-bond donors (Lipinski definition) is 1. The maximum Gasteiger partial charge on any atom is 0.427 e. The summed E-state index contributed by atoms with van der Waals surface area (Å²) < 4.78 is 11.0. The number of carbonyl (C=O) groups is 1. The Kier molecular flexibility index (Phi) is 2.89. The lowest BCUT2D eigenvalue weighted by Gasteiger charge is -2.02. The Hall–Kier alpha value is -3.61. The van der Waals surface area contributed by atoms with Crippen molar-refractivity contribution in [2.75, 3.05) is 5.73 Å². The van der Waals surface area contributed by atoms with E-state index in [0.29, 0.717) is 16.7 Å². The van der Waals surface area contributed by atoms with Crippen LogP contribution in [0.4, 0.5) is 5.69 Å². The average Bonchev–Trinajstić information content (AvgIpc) is 2.88. The molecule has 0 radical (unpaired) electrons. The lowest BCUT2D eigenvalue weighted by atomic mass is 10.1. The van der Waals surface area contributed by atoms with Crippen molar-refractivity contribution < 1.29 is 13.6 Å². The van der Waals surface area contributed by atoms with Gasteiger partial charge in [0, 0.05) is 17.1 Å². The third kappa shape index (κ3) is 2.03. The minimum Gasteiger partial charge on any atom is -0.422 e. The number of nitrogens with zero attached hydrogens (tertiary/aromatic N) is 1. The van der Waals surface area contributed by atoms with Gasteiger partial charge in [-0.3, -0.25) is 4.79 Å². The van der Waals surface area contributed by atoms with Crippen LogP contribution in [-0.4, -0.2) is 10.5 Å². The minimum atomic E-state index is -0.895. The van der Waals surface area contributed by atoms with Gasteiger partial charge in [0.05, 0.1) is 5.52 Å². The van der Waals surface area contributed by atoms with Crippen LogP contribution in [0.5, 0.6) is 0 Å². The Bertz CT molecular complexity index is 1230. The van der Waals surface area contributed by atoms with Gasteiger partial charge in [0.1, 0.15) is 11.1 Å². The molecule has 0 spiro atoms. The number of carbonyl (C=O) groups excluding carboxylic acids is 1. The smallest absolute Gasteiger partial charge is 0.422 e. The van der Waals surface area contributed by atoms with Crippen molar-refractivity contribution in [3.05, 3.63) is 75.1 Å². The number of aromatic nitrogens is 1. The summed E-state index contributed by atoms with van der Waals surface area (Å²) in [5, 5.41) is 0.575. The van der Waals surface area contributed by atoms with Crippen LogP contribution >= 0.6 is 0 Å². The molecule has 0 fully saturated rings. The highest BCUT2D eigenvalue weighted by molar-refractivity contribution is 6.02. The van der Waals surface area contributed by atoms with E-state index in [4.69, 9.17) is 14.6 Å². The van der Waals surface area contributed by atoms with Gasteiger partial charge in [-0.05, 0) is 24.3 Å². The van der Waals surface area contributed by atoms with Gasteiger partial charge in [0.15, 0.2) is 5.58 Å². The summed E-state index contributed by atoms with van der Waals surface area (Å²) in [6.45, 7) is 0. The highest BCUT2D eigenvalue weighted by Crippen LogP contribution is 2.18. The van der Waals surface area contributed by atoms with E-state index in [-0.39, 0.29) is 16.7 Å². The second kappa shape index (κ2) is 4.95. The van der Waals surface area contributed by atoms with Crippen molar-refractivity contribution in [2.45, 2.75) is 0 Å². The molecule has 2 aromatic heterocycles. The second-order valence-electron chi connectivity index (χ2n) is 5.22. The molecular weight excluding hydrogens is 312 g/mol. The molecule has 0 bridgehead atoms. The highest BCUT2D eigenvalue weighted by atomic mass is 16.4. The molecule has 118 valence electrons.